The molecular formula is C15H21N3. The highest BCUT2D eigenvalue weighted by Gasteiger charge is 2.12. The lowest BCUT2D eigenvalue weighted by Crippen LogP contribution is -2.24. The van der Waals surface area contributed by atoms with Crippen LogP contribution in [0, 0.1) is 0 Å². The molecule has 0 spiro atoms. The topological polar surface area (TPSA) is 34.2 Å². The minimum absolute atomic E-state index is 0.616. The maximum Gasteiger partial charge on any atom is 0.0526 e. The molecule has 2 heterocycles. The van der Waals surface area contributed by atoms with E-state index in [1.54, 1.807) is 0 Å². The number of para-hydroxylation sites is 1. The Morgan fingerprint density at radius 2 is 1.89 bits per heavy atom. The molecular weight excluding hydrogens is 222 g/mol. The molecule has 1 fully saturated rings. The van der Waals surface area contributed by atoms with Crippen LogP contribution in [0.25, 0.3) is 10.9 Å². The number of nitrogens with zero attached hydrogens (tertiary/aromatic N) is 2. The van der Waals surface area contributed by atoms with E-state index in [4.69, 9.17) is 5.73 Å². The molecule has 3 nitrogen and oxygen atoms in total. The predicted molar refractivity (Wildman–Crippen MR) is 75.5 cm³/mol. The molecule has 18 heavy (non-hydrogen) atoms. The lowest BCUT2D eigenvalue weighted by molar-refractivity contribution is 0.324. The molecule has 0 amide bonds. The minimum atomic E-state index is 0.616. The van der Waals surface area contributed by atoms with Crippen molar-refractivity contribution in [2.24, 2.45) is 5.73 Å². The molecule has 1 saturated heterocycles. The molecule has 3 rings (SSSR count). The van der Waals surface area contributed by atoms with Gasteiger partial charge in [-0.2, -0.15) is 0 Å². The van der Waals surface area contributed by atoms with Crippen LogP contribution in [0.15, 0.2) is 30.5 Å². The Kier molecular flexibility index (Phi) is 3.35. The molecule has 1 aliphatic heterocycles. The van der Waals surface area contributed by atoms with Gasteiger partial charge in [0.25, 0.3) is 0 Å². The Balaban J connectivity index is 1.82. The Morgan fingerprint density at radius 1 is 1.06 bits per heavy atom. The fourth-order valence-corrected chi connectivity index (χ4v) is 2.95. The van der Waals surface area contributed by atoms with E-state index >= 15 is 0 Å². The summed E-state index contributed by atoms with van der Waals surface area (Å²) in [6.07, 6.45) is 4.92. The van der Waals surface area contributed by atoms with Crippen molar-refractivity contribution < 1.29 is 0 Å². The van der Waals surface area contributed by atoms with Gasteiger partial charge in [0, 0.05) is 25.8 Å². The van der Waals surface area contributed by atoms with Crippen molar-refractivity contribution in [3.05, 3.63) is 36.0 Å². The molecule has 0 unspecified atom stereocenters. The van der Waals surface area contributed by atoms with Gasteiger partial charge in [-0.25, -0.2) is 0 Å². The first kappa shape index (κ1) is 11.8. The van der Waals surface area contributed by atoms with Gasteiger partial charge in [0.2, 0.25) is 0 Å². The maximum absolute atomic E-state index is 5.84. The fraction of sp³-hybridized carbons (Fsp3) is 0.467. The van der Waals surface area contributed by atoms with E-state index < -0.39 is 0 Å². The zero-order valence-corrected chi connectivity index (χ0v) is 10.8. The first-order valence-corrected chi connectivity index (χ1v) is 6.87. The molecule has 1 aromatic carbocycles. The summed E-state index contributed by atoms with van der Waals surface area (Å²) in [6.45, 7) is 5.38. The summed E-state index contributed by atoms with van der Waals surface area (Å²) in [5.41, 5.74) is 8.41. The molecule has 96 valence electrons. The Morgan fingerprint density at radius 3 is 2.67 bits per heavy atom. The van der Waals surface area contributed by atoms with Crippen molar-refractivity contribution in [1.82, 2.24) is 9.47 Å². The highest BCUT2D eigenvalue weighted by atomic mass is 15.2. The maximum atomic E-state index is 5.84. The number of hydrogen-bond acceptors (Lipinski definition) is 2. The summed E-state index contributed by atoms with van der Waals surface area (Å²) >= 11 is 0. The predicted octanol–water partition coefficient (Wildman–Crippen LogP) is 2.20. The normalized spacial score (nSPS) is 16.7. The van der Waals surface area contributed by atoms with Crippen LogP contribution in [0.3, 0.4) is 0 Å². The number of hydrogen-bond donors (Lipinski definition) is 1. The molecule has 1 aromatic heterocycles. The number of aromatic nitrogens is 1. The van der Waals surface area contributed by atoms with Gasteiger partial charge in [-0.1, -0.05) is 18.2 Å². The van der Waals surface area contributed by atoms with E-state index in [2.05, 4.69) is 39.9 Å². The summed E-state index contributed by atoms with van der Waals surface area (Å²) in [4.78, 5) is 2.55. The number of likely N-dealkylation sites (tertiary alicyclic amines) is 1. The second-order valence-electron chi connectivity index (χ2n) is 5.12. The molecule has 2 aromatic rings. The lowest BCUT2D eigenvalue weighted by Gasteiger charge is -2.16. The molecule has 1 aliphatic rings. The van der Waals surface area contributed by atoms with Gasteiger partial charge in [-0.3, -0.25) is 0 Å². The van der Waals surface area contributed by atoms with Crippen molar-refractivity contribution in [2.45, 2.75) is 25.9 Å². The van der Waals surface area contributed by atoms with Crippen LogP contribution in [0.2, 0.25) is 0 Å². The average molecular weight is 243 g/mol. The van der Waals surface area contributed by atoms with Crippen LogP contribution < -0.4 is 5.73 Å². The van der Waals surface area contributed by atoms with Crippen LogP contribution in [-0.2, 0) is 13.1 Å². The van der Waals surface area contributed by atoms with Gasteiger partial charge in [0.15, 0.2) is 0 Å². The summed E-state index contributed by atoms with van der Waals surface area (Å²) < 4.78 is 2.36. The zero-order valence-electron chi connectivity index (χ0n) is 10.8. The van der Waals surface area contributed by atoms with Crippen LogP contribution in [0.5, 0.6) is 0 Å². The highest BCUT2D eigenvalue weighted by molar-refractivity contribution is 5.83. The van der Waals surface area contributed by atoms with Crippen LogP contribution in [-0.4, -0.2) is 29.1 Å². The van der Waals surface area contributed by atoms with E-state index in [-0.39, 0.29) is 0 Å². The van der Waals surface area contributed by atoms with E-state index in [0.717, 1.165) is 13.1 Å². The Labute approximate surface area is 108 Å². The molecule has 0 atom stereocenters. The van der Waals surface area contributed by atoms with E-state index in [0.29, 0.717) is 6.54 Å². The smallest absolute Gasteiger partial charge is 0.0526 e. The molecule has 0 saturated carbocycles. The quantitative estimate of drug-likeness (QED) is 0.893. The molecule has 3 heteroatoms. The fourth-order valence-electron chi connectivity index (χ4n) is 2.95. The van der Waals surface area contributed by atoms with E-state index in [9.17, 15) is 0 Å². The van der Waals surface area contributed by atoms with Crippen LogP contribution in [0.1, 0.15) is 18.4 Å². The third kappa shape index (κ3) is 2.16. The SMILES string of the molecule is NCc1cccc2ccn(CCN3CCCC3)c12. The monoisotopic (exact) mass is 243 g/mol. The van der Waals surface area contributed by atoms with Crippen molar-refractivity contribution in [3.8, 4) is 0 Å². The summed E-state index contributed by atoms with van der Waals surface area (Å²) in [7, 11) is 0. The van der Waals surface area contributed by atoms with E-state index in [1.165, 1.54) is 42.4 Å². The van der Waals surface area contributed by atoms with Gasteiger partial charge in [0.1, 0.15) is 0 Å². The van der Waals surface area contributed by atoms with Crippen LogP contribution >= 0.6 is 0 Å². The number of benzene rings is 1. The Hall–Kier alpha value is -1.32. The number of nitrogens with two attached hydrogens (primary N) is 1. The highest BCUT2D eigenvalue weighted by Crippen LogP contribution is 2.20. The first-order valence-electron chi connectivity index (χ1n) is 6.87. The van der Waals surface area contributed by atoms with Gasteiger partial charge in [-0.05, 0) is 42.9 Å². The standard InChI is InChI=1S/C15H21N3/c16-12-14-5-3-4-13-6-9-18(15(13)14)11-10-17-7-1-2-8-17/h3-6,9H,1-2,7-8,10-12,16H2. The van der Waals surface area contributed by atoms with Crippen molar-refractivity contribution in [3.63, 3.8) is 0 Å². The van der Waals surface area contributed by atoms with Crippen molar-refractivity contribution >= 4 is 10.9 Å². The second-order valence-corrected chi connectivity index (χ2v) is 5.12. The summed E-state index contributed by atoms with van der Waals surface area (Å²) in [5.74, 6) is 0. The number of fused-ring (bicyclic) bond motifs is 1. The summed E-state index contributed by atoms with van der Waals surface area (Å²) in [5, 5.41) is 1.30. The molecule has 0 radical (unpaired) electrons. The molecule has 0 bridgehead atoms. The largest absolute Gasteiger partial charge is 0.346 e. The lowest BCUT2D eigenvalue weighted by atomic mass is 10.1. The van der Waals surface area contributed by atoms with Gasteiger partial charge >= 0.3 is 0 Å². The van der Waals surface area contributed by atoms with Crippen LogP contribution in [0.4, 0.5) is 0 Å². The molecule has 0 aliphatic carbocycles. The minimum Gasteiger partial charge on any atom is -0.346 e. The second kappa shape index (κ2) is 5.12. The third-order valence-corrected chi connectivity index (χ3v) is 3.95. The third-order valence-electron chi connectivity index (χ3n) is 3.95. The number of rotatable bonds is 4. The van der Waals surface area contributed by atoms with Crippen molar-refractivity contribution in [1.29, 1.82) is 0 Å². The zero-order chi connectivity index (χ0) is 12.4. The average Bonchev–Trinajstić information content (AvgIpc) is 3.05. The molecule has 2 N–H and O–H groups in total. The van der Waals surface area contributed by atoms with Crippen molar-refractivity contribution in [2.75, 3.05) is 19.6 Å². The summed E-state index contributed by atoms with van der Waals surface area (Å²) in [6, 6.07) is 8.59. The van der Waals surface area contributed by atoms with Gasteiger partial charge in [0.05, 0.1) is 5.52 Å². The Bertz CT molecular complexity index is 524. The van der Waals surface area contributed by atoms with E-state index in [1.807, 2.05) is 0 Å². The first-order chi connectivity index (χ1) is 8.88. The van der Waals surface area contributed by atoms with Gasteiger partial charge in [-0.15, -0.1) is 0 Å². The van der Waals surface area contributed by atoms with Gasteiger partial charge < -0.3 is 15.2 Å².